The number of fused-ring (bicyclic) bond motifs is 1. The summed E-state index contributed by atoms with van der Waals surface area (Å²) >= 11 is 14.3. The van der Waals surface area contributed by atoms with E-state index in [1.807, 2.05) is 0 Å². The van der Waals surface area contributed by atoms with Crippen molar-refractivity contribution in [2.45, 2.75) is 5.38 Å². The number of alkyl halides is 1. The molecule has 0 spiro atoms. The van der Waals surface area contributed by atoms with Gasteiger partial charge in [0.15, 0.2) is 0 Å². The highest BCUT2D eigenvalue weighted by Crippen LogP contribution is 2.39. The lowest BCUT2D eigenvalue weighted by molar-refractivity contribution is 1.17. The maximum absolute atomic E-state index is 6.65. The fourth-order valence-corrected chi connectivity index (χ4v) is 4.46. The van der Waals surface area contributed by atoms with E-state index in [1.165, 1.54) is 19.2 Å². The summed E-state index contributed by atoms with van der Waals surface area (Å²) in [5.74, 6) is 0. The van der Waals surface area contributed by atoms with Crippen LogP contribution in [0.25, 0.3) is 10.1 Å². The summed E-state index contributed by atoms with van der Waals surface area (Å²) in [5.41, 5.74) is 2.32. The molecule has 1 atom stereocenters. The number of hydrogen-bond donors (Lipinski definition) is 0. The van der Waals surface area contributed by atoms with Gasteiger partial charge in [-0.2, -0.15) is 0 Å². The van der Waals surface area contributed by atoms with Gasteiger partial charge >= 0.3 is 0 Å². The molecule has 19 heavy (non-hydrogen) atoms. The molecule has 0 radical (unpaired) electrons. The topological polar surface area (TPSA) is 0 Å². The van der Waals surface area contributed by atoms with Gasteiger partial charge in [0.1, 0.15) is 0 Å². The molecule has 0 nitrogen and oxygen atoms in total. The summed E-state index contributed by atoms with van der Waals surface area (Å²) in [5, 5.41) is 3.29. The third-order valence-corrected chi connectivity index (χ3v) is 6.19. The largest absolute Gasteiger partial charge is 0.142 e. The number of hydrogen-bond acceptors (Lipinski definition) is 1. The average molecular weight is 464 g/mol. The van der Waals surface area contributed by atoms with Gasteiger partial charge < -0.3 is 0 Å². The molecule has 0 bridgehead atoms. The molecule has 0 N–H and O–H groups in total. The Morgan fingerprint density at radius 3 is 2.58 bits per heavy atom. The first-order chi connectivity index (χ1) is 9.16. The van der Waals surface area contributed by atoms with Gasteiger partial charge in [-0.05, 0) is 78.6 Å². The second-order valence-electron chi connectivity index (χ2n) is 4.22. The predicted molar refractivity (Wildman–Crippen MR) is 96.4 cm³/mol. The second kappa shape index (κ2) is 5.72. The molecule has 1 aromatic heterocycles. The fourth-order valence-electron chi connectivity index (χ4n) is 2.05. The van der Waals surface area contributed by atoms with Gasteiger partial charge in [-0.25, -0.2) is 0 Å². The van der Waals surface area contributed by atoms with E-state index in [2.05, 4.69) is 86.4 Å². The van der Waals surface area contributed by atoms with Crippen LogP contribution in [0.4, 0.5) is 0 Å². The van der Waals surface area contributed by atoms with Gasteiger partial charge in [0.05, 0.1) is 5.38 Å². The molecule has 1 unspecified atom stereocenters. The Labute approximate surface area is 143 Å². The summed E-state index contributed by atoms with van der Waals surface area (Å²) in [6, 6.07) is 14.6. The summed E-state index contributed by atoms with van der Waals surface area (Å²) in [6.45, 7) is 0. The highest BCUT2D eigenvalue weighted by atomic mass is 127. The van der Waals surface area contributed by atoms with Gasteiger partial charge in [0.25, 0.3) is 0 Å². The average Bonchev–Trinajstić information content (AvgIpc) is 2.84. The Bertz CT molecular complexity index is 721. The fraction of sp³-hybridized carbons (Fsp3) is 0.0667. The Morgan fingerprint density at radius 2 is 1.84 bits per heavy atom. The molecule has 96 valence electrons. The van der Waals surface area contributed by atoms with Crippen LogP contribution in [0, 0.1) is 3.57 Å². The van der Waals surface area contributed by atoms with E-state index < -0.39 is 0 Å². The van der Waals surface area contributed by atoms with E-state index in [-0.39, 0.29) is 5.38 Å². The molecular weight excluding hydrogens is 454 g/mol. The van der Waals surface area contributed by atoms with Crippen molar-refractivity contribution in [3.8, 4) is 0 Å². The Balaban J connectivity index is 2.09. The van der Waals surface area contributed by atoms with E-state index in [0.29, 0.717) is 0 Å². The van der Waals surface area contributed by atoms with Crippen LogP contribution in [0.15, 0.2) is 52.3 Å². The predicted octanol–water partition coefficient (Wildman–Crippen LogP) is 6.60. The third-order valence-electron chi connectivity index (χ3n) is 3.02. The smallest absolute Gasteiger partial charge is 0.0849 e. The molecule has 1 heterocycles. The van der Waals surface area contributed by atoms with Crippen LogP contribution in [0.2, 0.25) is 0 Å². The maximum Gasteiger partial charge on any atom is 0.0849 e. The van der Waals surface area contributed by atoms with Crippen molar-refractivity contribution in [2.75, 3.05) is 0 Å². The van der Waals surface area contributed by atoms with Crippen molar-refractivity contribution < 1.29 is 0 Å². The van der Waals surface area contributed by atoms with Crippen molar-refractivity contribution in [3.05, 3.63) is 67.0 Å². The van der Waals surface area contributed by atoms with Crippen LogP contribution < -0.4 is 0 Å². The summed E-state index contributed by atoms with van der Waals surface area (Å²) in [4.78, 5) is 0. The highest BCUT2D eigenvalue weighted by Gasteiger charge is 2.16. The van der Waals surface area contributed by atoms with Crippen LogP contribution >= 0.6 is 61.5 Å². The quantitative estimate of drug-likeness (QED) is 0.297. The Hall–Kier alpha value is -0.100. The summed E-state index contributed by atoms with van der Waals surface area (Å²) < 4.78 is 3.62. The molecule has 2 aromatic carbocycles. The number of benzene rings is 2. The number of rotatable bonds is 2. The number of thiophene rings is 1. The third kappa shape index (κ3) is 2.71. The number of halogens is 3. The standard InChI is InChI=1S/C15H9BrClIS/c16-13-3-1-2-11-12(8-19-15(11)13)14(17)9-4-6-10(18)7-5-9/h1-8,14H. The molecule has 0 aliphatic heterocycles. The monoisotopic (exact) mass is 462 g/mol. The molecule has 3 aromatic rings. The van der Waals surface area contributed by atoms with Crippen molar-refractivity contribution >= 4 is 71.5 Å². The van der Waals surface area contributed by atoms with Crippen molar-refractivity contribution in [2.24, 2.45) is 0 Å². The van der Waals surface area contributed by atoms with Gasteiger partial charge in [0, 0.05) is 12.7 Å². The van der Waals surface area contributed by atoms with Crippen LogP contribution in [0.1, 0.15) is 16.5 Å². The first kappa shape index (κ1) is 13.9. The molecule has 0 fully saturated rings. The minimum atomic E-state index is -0.0972. The van der Waals surface area contributed by atoms with E-state index in [0.717, 1.165) is 10.0 Å². The lowest BCUT2D eigenvalue weighted by Crippen LogP contribution is -1.91. The van der Waals surface area contributed by atoms with E-state index in [9.17, 15) is 0 Å². The minimum absolute atomic E-state index is 0.0972. The zero-order valence-corrected chi connectivity index (χ0v) is 15.1. The normalized spacial score (nSPS) is 12.8. The van der Waals surface area contributed by atoms with Crippen molar-refractivity contribution in [1.29, 1.82) is 0 Å². The molecular formula is C15H9BrClIS. The van der Waals surface area contributed by atoms with Crippen molar-refractivity contribution in [3.63, 3.8) is 0 Å². The molecule has 0 aliphatic carbocycles. The molecule has 0 amide bonds. The molecule has 0 saturated heterocycles. The van der Waals surface area contributed by atoms with Crippen LogP contribution in [0.5, 0.6) is 0 Å². The van der Waals surface area contributed by atoms with E-state index in [1.54, 1.807) is 11.3 Å². The lowest BCUT2D eigenvalue weighted by atomic mass is 10.0. The highest BCUT2D eigenvalue weighted by molar-refractivity contribution is 14.1. The van der Waals surface area contributed by atoms with Crippen LogP contribution in [-0.4, -0.2) is 0 Å². The molecule has 4 heteroatoms. The Morgan fingerprint density at radius 1 is 1.11 bits per heavy atom. The van der Waals surface area contributed by atoms with E-state index >= 15 is 0 Å². The Kier molecular flexibility index (Phi) is 4.17. The molecule has 0 saturated carbocycles. The first-order valence-electron chi connectivity index (χ1n) is 5.72. The van der Waals surface area contributed by atoms with E-state index in [4.69, 9.17) is 11.6 Å². The minimum Gasteiger partial charge on any atom is -0.142 e. The first-order valence-corrected chi connectivity index (χ1v) is 8.91. The van der Waals surface area contributed by atoms with Crippen molar-refractivity contribution in [1.82, 2.24) is 0 Å². The van der Waals surface area contributed by atoms with Gasteiger partial charge in [0.2, 0.25) is 0 Å². The van der Waals surface area contributed by atoms with Gasteiger partial charge in [-0.1, -0.05) is 24.3 Å². The lowest BCUT2D eigenvalue weighted by Gasteiger charge is -2.09. The molecule has 3 rings (SSSR count). The van der Waals surface area contributed by atoms with Crippen LogP contribution in [-0.2, 0) is 0 Å². The van der Waals surface area contributed by atoms with Crippen LogP contribution in [0.3, 0.4) is 0 Å². The SMILES string of the molecule is ClC(c1ccc(I)cc1)c1csc2c(Br)cccc12. The van der Waals surface area contributed by atoms with Gasteiger partial charge in [-0.15, -0.1) is 22.9 Å². The second-order valence-corrected chi connectivity index (χ2v) is 7.64. The maximum atomic E-state index is 6.65. The zero-order valence-electron chi connectivity index (χ0n) is 9.74. The van der Waals surface area contributed by atoms with Gasteiger partial charge in [-0.3, -0.25) is 0 Å². The summed E-state index contributed by atoms with van der Waals surface area (Å²) in [6.07, 6.45) is 0. The zero-order chi connectivity index (χ0) is 13.4. The summed E-state index contributed by atoms with van der Waals surface area (Å²) in [7, 11) is 0. The molecule has 0 aliphatic rings.